The van der Waals surface area contributed by atoms with Crippen molar-refractivity contribution in [3.63, 3.8) is 0 Å². The lowest BCUT2D eigenvalue weighted by Crippen LogP contribution is -2.53. The molecule has 0 radical (unpaired) electrons. The van der Waals surface area contributed by atoms with Gasteiger partial charge in [-0.2, -0.15) is 0 Å². The first-order valence-electron chi connectivity index (χ1n) is 5.09. The van der Waals surface area contributed by atoms with Crippen molar-refractivity contribution in [1.82, 2.24) is 10.3 Å². The number of hydrogen-bond acceptors (Lipinski definition) is 3. The van der Waals surface area contributed by atoms with Gasteiger partial charge in [-0.3, -0.25) is 4.98 Å². The van der Waals surface area contributed by atoms with Crippen LogP contribution < -0.4 is 5.32 Å². The molecule has 0 atom stereocenters. The number of hydrogen-bond donors (Lipinski definition) is 2. The van der Waals surface area contributed by atoms with Gasteiger partial charge in [0.05, 0.1) is 6.61 Å². The Labute approximate surface area is 84.2 Å². The Balaban J connectivity index is 1.88. The third kappa shape index (κ3) is 1.94. The fourth-order valence-corrected chi connectivity index (χ4v) is 1.78. The Morgan fingerprint density at radius 1 is 1.36 bits per heavy atom. The average Bonchev–Trinajstić information content (AvgIpc) is 2.19. The highest BCUT2D eigenvalue weighted by molar-refractivity contribution is 5.10. The Hall–Kier alpha value is -0.930. The summed E-state index contributed by atoms with van der Waals surface area (Å²) in [6.45, 7) is 1.07. The average molecular weight is 192 g/mol. The predicted molar refractivity (Wildman–Crippen MR) is 54.7 cm³/mol. The summed E-state index contributed by atoms with van der Waals surface area (Å²) >= 11 is 0. The minimum absolute atomic E-state index is 0.00324. The third-order valence-electron chi connectivity index (χ3n) is 3.03. The summed E-state index contributed by atoms with van der Waals surface area (Å²) in [6.07, 6.45) is 7.00. The molecule has 1 heterocycles. The molecule has 0 saturated heterocycles. The molecule has 0 amide bonds. The molecule has 0 spiro atoms. The summed E-state index contributed by atoms with van der Waals surface area (Å²) in [6, 6.07) is 3.99. The first-order valence-corrected chi connectivity index (χ1v) is 5.09. The second kappa shape index (κ2) is 4.07. The quantitative estimate of drug-likeness (QED) is 0.750. The van der Waals surface area contributed by atoms with Crippen molar-refractivity contribution in [3.05, 3.63) is 30.1 Å². The van der Waals surface area contributed by atoms with Crippen molar-refractivity contribution in [2.45, 2.75) is 31.3 Å². The lowest BCUT2D eigenvalue weighted by Gasteiger charge is -2.41. The molecule has 0 aromatic carbocycles. The highest BCUT2D eigenvalue weighted by Gasteiger charge is 2.35. The van der Waals surface area contributed by atoms with E-state index in [9.17, 15) is 5.11 Å². The summed E-state index contributed by atoms with van der Waals surface area (Å²) < 4.78 is 0. The van der Waals surface area contributed by atoms with Crippen molar-refractivity contribution in [3.8, 4) is 0 Å². The number of aliphatic hydroxyl groups is 1. The maximum atomic E-state index is 9.24. The first-order chi connectivity index (χ1) is 6.85. The van der Waals surface area contributed by atoms with Crippen molar-refractivity contribution in [2.75, 3.05) is 6.61 Å². The van der Waals surface area contributed by atoms with Crippen LogP contribution in [0, 0.1) is 0 Å². The normalized spacial score (nSPS) is 18.9. The zero-order valence-corrected chi connectivity index (χ0v) is 8.24. The zero-order chi connectivity index (χ0) is 9.86. The van der Waals surface area contributed by atoms with E-state index in [4.69, 9.17) is 0 Å². The molecule has 2 rings (SSSR count). The smallest absolute Gasteiger partial charge is 0.0613 e. The number of nitrogens with one attached hydrogen (secondary N) is 1. The van der Waals surface area contributed by atoms with Crippen LogP contribution in [0.4, 0.5) is 0 Å². The molecule has 0 aliphatic heterocycles. The Morgan fingerprint density at radius 3 is 2.57 bits per heavy atom. The molecular formula is C11H16N2O. The zero-order valence-electron chi connectivity index (χ0n) is 8.24. The van der Waals surface area contributed by atoms with Crippen molar-refractivity contribution < 1.29 is 5.11 Å². The van der Waals surface area contributed by atoms with Gasteiger partial charge >= 0.3 is 0 Å². The molecule has 0 bridgehead atoms. The molecule has 1 saturated carbocycles. The van der Waals surface area contributed by atoms with Gasteiger partial charge in [0.25, 0.3) is 0 Å². The van der Waals surface area contributed by atoms with Gasteiger partial charge in [0, 0.05) is 24.5 Å². The number of pyridine rings is 1. The van der Waals surface area contributed by atoms with Gasteiger partial charge in [-0.1, -0.05) is 0 Å². The van der Waals surface area contributed by atoms with Gasteiger partial charge in [0.15, 0.2) is 0 Å². The van der Waals surface area contributed by atoms with Crippen LogP contribution in [0.15, 0.2) is 24.5 Å². The van der Waals surface area contributed by atoms with Crippen LogP contribution in [0.3, 0.4) is 0 Å². The summed E-state index contributed by atoms with van der Waals surface area (Å²) in [5.74, 6) is 0. The van der Waals surface area contributed by atoms with Crippen molar-refractivity contribution in [1.29, 1.82) is 0 Å². The SMILES string of the molecule is OCC1(NCc2ccncc2)CCC1. The summed E-state index contributed by atoms with van der Waals surface area (Å²) in [4.78, 5) is 3.97. The lowest BCUT2D eigenvalue weighted by atomic mass is 9.77. The van der Waals surface area contributed by atoms with Crippen LogP contribution in [0.25, 0.3) is 0 Å². The highest BCUT2D eigenvalue weighted by atomic mass is 16.3. The molecule has 3 nitrogen and oxygen atoms in total. The first kappa shape index (κ1) is 9.62. The molecule has 0 unspecified atom stereocenters. The molecule has 1 aliphatic carbocycles. The van der Waals surface area contributed by atoms with Crippen LogP contribution in [0.5, 0.6) is 0 Å². The standard InChI is InChI=1S/C11H16N2O/c14-9-11(4-1-5-11)13-8-10-2-6-12-7-3-10/h2-3,6-7,13-14H,1,4-5,8-9H2. The molecule has 1 aromatic heterocycles. The van der Waals surface area contributed by atoms with Crippen LogP contribution >= 0.6 is 0 Å². The Kier molecular flexibility index (Phi) is 2.79. The van der Waals surface area contributed by atoms with E-state index in [0.717, 1.165) is 19.4 Å². The Bertz CT molecular complexity index is 277. The minimum atomic E-state index is 0.00324. The number of aromatic nitrogens is 1. The van der Waals surface area contributed by atoms with E-state index in [-0.39, 0.29) is 12.1 Å². The molecule has 1 aliphatic rings. The van der Waals surface area contributed by atoms with Crippen LogP contribution in [-0.2, 0) is 6.54 Å². The van der Waals surface area contributed by atoms with Gasteiger partial charge < -0.3 is 10.4 Å². The van der Waals surface area contributed by atoms with E-state index >= 15 is 0 Å². The molecule has 2 N–H and O–H groups in total. The fraction of sp³-hybridized carbons (Fsp3) is 0.545. The van der Waals surface area contributed by atoms with Crippen LogP contribution in [0.2, 0.25) is 0 Å². The lowest BCUT2D eigenvalue weighted by molar-refractivity contribution is 0.0872. The van der Waals surface area contributed by atoms with E-state index in [0.29, 0.717) is 0 Å². The van der Waals surface area contributed by atoms with Gasteiger partial charge in [0.2, 0.25) is 0 Å². The van der Waals surface area contributed by atoms with Crippen molar-refractivity contribution >= 4 is 0 Å². The third-order valence-corrected chi connectivity index (χ3v) is 3.03. The number of nitrogens with zero attached hydrogens (tertiary/aromatic N) is 1. The van der Waals surface area contributed by atoms with E-state index in [2.05, 4.69) is 10.3 Å². The molecule has 1 fully saturated rings. The fourth-order valence-electron chi connectivity index (χ4n) is 1.78. The van der Waals surface area contributed by atoms with Crippen LogP contribution in [0.1, 0.15) is 24.8 Å². The molecule has 1 aromatic rings. The maximum Gasteiger partial charge on any atom is 0.0613 e. The van der Waals surface area contributed by atoms with Gasteiger partial charge in [0.1, 0.15) is 0 Å². The number of rotatable bonds is 4. The second-order valence-electron chi connectivity index (χ2n) is 4.00. The van der Waals surface area contributed by atoms with E-state index in [1.54, 1.807) is 12.4 Å². The second-order valence-corrected chi connectivity index (χ2v) is 4.00. The van der Waals surface area contributed by atoms with Gasteiger partial charge in [-0.05, 0) is 37.0 Å². The van der Waals surface area contributed by atoms with Crippen LogP contribution in [-0.4, -0.2) is 22.2 Å². The van der Waals surface area contributed by atoms with Gasteiger partial charge in [-0.25, -0.2) is 0 Å². The topological polar surface area (TPSA) is 45.1 Å². The van der Waals surface area contributed by atoms with E-state index in [1.807, 2.05) is 12.1 Å². The molecule has 3 heteroatoms. The summed E-state index contributed by atoms with van der Waals surface area (Å²) in [5, 5.41) is 12.7. The Morgan fingerprint density at radius 2 is 2.07 bits per heavy atom. The molecule has 14 heavy (non-hydrogen) atoms. The minimum Gasteiger partial charge on any atom is -0.394 e. The monoisotopic (exact) mass is 192 g/mol. The van der Waals surface area contributed by atoms with E-state index < -0.39 is 0 Å². The highest BCUT2D eigenvalue weighted by Crippen LogP contribution is 2.31. The largest absolute Gasteiger partial charge is 0.394 e. The predicted octanol–water partition coefficient (Wildman–Crippen LogP) is 1.09. The van der Waals surface area contributed by atoms with Gasteiger partial charge in [-0.15, -0.1) is 0 Å². The summed E-state index contributed by atoms with van der Waals surface area (Å²) in [7, 11) is 0. The van der Waals surface area contributed by atoms with E-state index in [1.165, 1.54) is 12.0 Å². The summed E-state index contributed by atoms with van der Waals surface area (Å²) in [5.41, 5.74) is 1.23. The van der Waals surface area contributed by atoms with Crippen molar-refractivity contribution in [2.24, 2.45) is 0 Å². The number of aliphatic hydroxyl groups excluding tert-OH is 1. The molecule has 76 valence electrons. The molecular weight excluding hydrogens is 176 g/mol. The maximum absolute atomic E-state index is 9.24.